The molecule has 2 aromatic carbocycles. The first-order valence-electron chi connectivity index (χ1n) is 12.1. The Morgan fingerprint density at radius 1 is 1.27 bits per heavy atom. The summed E-state index contributed by atoms with van der Waals surface area (Å²) in [5.74, 6) is 5.63. The number of aromatic nitrogens is 2. The summed E-state index contributed by atoms with van der Waals surface area (Å²) in [6.07, 6.45) is 4.05. The zero-order chi connectivity index (χ0) is 26.3. The number of carbonyl (C=O) groups is 2. The van der Waals surface area contributed by atoms with Crippen molar-refractivity contribution < 1.29 is 9.59 Å². The van der Waals surface area contributed by atoms with Crippen molar-refractivity contribution in [2.24, 2.45) is 13.0 Å². The molecular weight excluding hydrogens is 486 g/mol. The molecular formula is C29H26ClN5O2. The number of halogens is 1. The Kier molecular flexibility index (Phi) is 6.27. The highest BCUT2D eigenvalue weighted by molar-refractivity contribution is 6.32. The lowest BCUT2D eigenvalue weighted by Gasteiger charge is -2.24. The normalized spacial score (nSPS) is 17.8. The van der Waals surface area contributed by atoms with Gasteiger partial charge in [0, 0.05) is 54.8 Å². The van der Waals surface area contributed by atoms with E-state index in [4.69, 9.17) is 11.6 Å². The molecule has 186 valence electrons. The molecule has 1 fully saturated rings. The van der Waals surface area contributed by atoms with Crippen molar-refractivity contribution in [3.8, 4) is 17.9 Å². The van der Waals surface area contributed by atoms with Gasteiger partial charge in [-0.1, -0.05) is 43.5 Å². The Hall–Kier alpha value is -4.07. The molecule has 0 N–H and O–H groups in total. The molecule has 2 aliphatic rings. The van der Waals surface area contributed by atoms with Gasteiger partial charge in [0.15, 0.2) is 0 Å². The Labute approximate surface area is 221 Å². The van der Waals surface area contributed by atoms with Crippen LogP contribution in [0, 0.1) is 29.1 Å². The van der Waals surface area contributed by atoms with Crippen LogP contribution in [0.4, 0.5) is 11.4 Å². The largest absolute Gasteiger partial charge is 0.327 e. The maximum absolute atomic E-state index is 13.7. The van der Waals surface area contributed by atoms with Gasteiger partial charge in [-0.05, 0) is 41.3 Å². The van der Waals surface area contributed by atoms with E-state index in [1.54, 1.807) is 46.6 Å². The lowest BCUT2D eigenvalue weighted by Crippen LogP contribution is -2.39. The van der Waals surface area contributed by atoms with E-state index in [0.29, 0.717) is 29.2 Å². The highest BCUT2D eigenvalue weighted by Gasteiger charge is 2.44. The smallest absolute Gasteiger partial charge is 0.232 e. The van der Waals surface area contributed by atoms with Crippen molar-refractivity contribution in [1.82, 2.24) is 9.55 Å². The number of hydrogen-bond donors (Lipinski definition) is 0. The summed E-state index contributed by atoms with van der Waals surface area (Å²) in [4.78, 5) is 34.0. The number of fused-ring (bicyclic) bond motifs is 1. The number of aryl methyl sites for hydroxylation is 1. The van der Waals surface area contributed by atoms with Crippen LogP contribution in [0.2, 0.25) is 5.02 Å². The van der Waals surface area contributed by atoms with Crippen molar-refractivity contribution >= 4 is 34.8 Å². The molecule has 5 rings (SSSR count). The van der Waals surface area contributed by atoms with E-state index >= 15 is 0 Å². The van der Waals surface area contributed by atoms with Crippen LogP contribution in [0.15, 0.2) is 48.9 Å². The number of nitrogens with zero attached hydrogens (tertiary/aromatic N) is 5. The van der Waals surface area contributed by atoms with E-state index in [0.717, 1.165) is 22.5 Å². The van der Waals surface area contributed by atoms with Crippen LogP contribution in [-0.2, 0) is 28.5 Å². The third-order valence-electron chi connectivity index (χ3n) is 7.08. The molecule has 0 spiro atoms. The number of nitriles is 1. The SMILES string of the molecule is Cn1cncc1C#CCc1cc2c(cc1Cl)N(C(=O)C1CC(=O)N(c3cccc(C#N)c3)C1)CC2(C)C. The van der Waals surface area contributed by atoms with Crippen LogP contribution in [-0.4, -0.2) is 34.5 Å². The molecule has 37 heavy (non-hydrogen) atoms. The molecule has 0 bridgehead atoms. The quantitative estimate of drug-likeness (QED) is 0.493. The van der Waals surface area contributed by atoms with E-state index in [-0.39, 0.29) is 30.2 Å². The fourth-order valence-electron chi connectivity index (χ4n) is 5.06. The Balaban J connectivity index is 1.38. The van der Waals surface area contributed by atoms with Crippen LogP contribution < -0.4 is 9.80 Å². The third kappa shape index (κ3) is 4.59. The summed E-state index contributed by atoms with van der Waals surface area (Å²) < 4.78 is 1.86. The standard InChI is InChI=1S/C29H26ClN5O2/c1-29(2)17-35(28(37)21-12-27(36)34(16-21)22-8-4-6-19(10-22)14-31)26-13-25(30)20(11-24(26)29)7-5-9-23-15-32-18-33(23)3/h4,6,8,10-11,13,15,18,21H,7,12,16-17H2,1-3H3. The van der Waals surface area contributed by atoms with Gasteiger partial charge in [-0.15, -0.1) is 0 Å². The summed E-state index contributed by atoms with van der Waals surface area (Å²) in [5, 5.41) is 9.77. The summed E-state index contributed by atoms with van der Waals surface area (Å²) in [5.41, 5.74) is 4.42. The average molecular weight is 512 g/mol. The van der Waals surface area contributed by atoms with E-state index in [2.05, 4.69) is 42.8 Å². The number of amides is 2. The molecule has 3 aromatic rings. The van der Waals surface area contributed by atoms with Crippen LogP contribution in [0.1, 0.15) is 42.7 Å². The minimum Gasteiger partial charge on any atom is -0.327 e. The molecule has 1 saturated heterocycles. The first-order valence-corrected chi connectivity index (χ1v) is 12.5. The molecule has 0 radical (unpaired) electrons. The molecule has 7 nitrogen and oxygen atoms in total. The van der Waals surface area contributed by atoms with Crippen molar-refractivity contribution in [3.63, 3.8) is 0 Å². The second kappa shape index (κ2) is 9.42. The number of carbonyl (C=O) groups excluding carboxylic acids is 2. The maximum Gasteiger partial charge on any atom is 0.232 e. The van der Waals surface area contributed by atoms with Gasteiger partial charge in [0.1, 0.15) is 5.69 Å². The van der Waals surface area contributed by atoms with Gasteiger partial charge in [-0.3, -0.25) is 9.59 Å². The van der Waals surface area contributed by atoms with Crippen LogP contribution in [0.5, 0.6) is 0 Å². The summed E-state index contributed by atoms with van der Waals surface area (Å²) in [7, 11) is 1.90. The van der Waals surface area contributed by atoms with Crippen molar-refractivity contribution in [2.75, 3.05) is 22.9 Å². The predicted octanol–water partition coefficient (Wildman–Crippen LogP) is 4.22. The molecule has 8 heteroatoms. The van der Waals surface area contributed by atoms with Gasteiger partial charge in [0.2, 0.25) is 11.8 Å². The van der Waals surface area contributed by atoms with Gasteiger partial charge in [0.05, 0.1) is 30.1 Å². The van der Waals surface area contributed by atoms with Crippen molar-refractivity contribution in [2.45, 2.75) is 32.1 Å². The minimum absolute atomic E-state index is 0.0843. The van der Waals surface area contributed by atoms with Crippen LogP contribution in [0.3, 0.4) is 0 Å². The van der Waals surface area contributed by atoms with Gasteiger partial charge >= 0.3 is 0 Å². The first-order chi connectivity index (χ1) is 17.7. The fourth-order valence-corrected chi connectivity index (χ4v) is 5.29. The molecule has 3 heterocycles. The zero-order valence-electron chi connectivity index (χ0n) is 21.0. The second-order valence-electron chi connectivity index (χ2n) is 10.2. The number of anilines is 2. The molecule has 1 aromatic heterocycles. The van der Waals surface area contributed by atoms with E-state index in [1.165, 1.54) is 0 Å². The Morgan fingerprint density at radius 3 is 2.81 bits per heavy atom. The van der Waals surface area contributed by atoms with Crippen LogP contribution in [0.25, 0.3) is 0 Å². The minimum atomic E-state index is -0.469. The maximum atomic E-state index is 13.7. The fraction of sp³-hybridized carbons (Fsp3) is 0.310. The lowest BCUT2D eigenvalue weighted by molar-refractivity contribution is -0.124. The second-order valence-corrected chi connectivity index (χ2v) is 10.6. The zero-order valence-corrected chi connectivity index (χ0v) is 21.7. The van der Waals surface area contributed by atoms with Gasteiger partial charge in [-0.2, -0.15) is 5.26 Å². The molecule has 2 amide bonds. The molecule has 0 saturated carbocycles. The first kappa shape index (κ1) is 24.6. The van der Waals surface area contributed by atoms with E-state index in [9.17, 15) is 14.9 Å². The summed E-state index contributed by atoms with van der Waals surface area (Å²) >= 11 is 6.67. The molecule has 2 aliphatic heterocycles. The van der Waals surface area contributed by atoms with Crippen LogP contribution >= 0.6 is 11.6 Å². The third-order valence-corrected chi connectivity index (χ3v) is 7.43. The summed E-state index contributed by atoms with van der Waals surface area (Å²) in [6, 6.07) is 12.9. The predicted molar refractivity (Wildman–Crippen MR) is 142 cm³/mol. The van der Waals surface area contributed by atoms with Crippen molar-refractivity contribution in [1.29, 1.82) is 5.26 Å². The lowest BCUT2D eigenvalue weighted by atomic mass is 9.86. The molecule has 0 aliphatic carbocycles. The Bertz CT molecular complexity index is 1520. The number of benzene rings is 2. The van der Waals surface area contributed by atoms with E-state index in [1.807, 2.05) is 17.7 Å². The number of rotatable bonds is 3. The molecule has 1 atom stereocenters. The van der Waals surface area contributed by atoms with Gasteiger partial charge in [-0.25, -0.2) is 4.98 Å². The number of imidazole rings is 1. The summed E-state index contributed by atoms with van der Waals surface area (Å²) in [6.45, 7) is 5.01. The molecule has 1 unspecified atom stereocenters. The topological polar surface area (TPSA) is 82.2 Å². The highest BCUT2D eigenvalue weighted by atomic mass is 35.5. The monoisotopic (exact) mass is 511 g/mol. The Morgan fingerprint density at radius 2 is 2.08 bits per heavy atom. The van der Waals surface area contributed by atoms with Gasteiger partial charge < -0.3 is 14.4 Å². The van der Waals surface area contributed by atoms with Gasteiger partial charge in [0.25, 0.3) is 0 Å². The van der Waals surface area contributed by atoms with Crippen molar-refractivity contribution in [3.05, 3.63) is 76.3 Å². The highest BCUT2D eigenvalue weighted by Crippen LogP contribution is 2.44. The average Bonchev–Trinajstić information content (AvgIpc) is 3.54. The van der Waals surface area contributed by atoms with E-state index < -0.39 is 5.92 Å². The number of hydrogen-bond acceptors (Lipinski definition) is 4.